The third-order valence-corrected chi connectivity index (χ3v) is 4.35. The number of H-pyrrole nitrogens is 1. The SMILES string of the molecule is CCOC(=O)c1cc(-c2ccnc(N)n2)[nH]c1-c1cc(C(F)(F)F)ccc1CC. The molecule has 0 saturated carbocycles. The van der Waals surface area contributed by atoms with Gasteiger partial charge in [0.1, 0.15) is 0 Å². The minimum Gasteiger partial charge on any atom is -0.462 e. The number of nitrogens with two attached hydrogens (primary N) is 1. The van der Waals surface area contributed by atoms with Crippen LogP contribution in [0, 0.1) is 0 Å². The van der Waals surface area contributed by atoms with Gasteiger partial charge in [-0.25, -0.2) is 14.8 Å². The Kier molecular flexibility index (Phi) is 5.58. The number of rotatable bonds is 5. The van der Waals surface area contributed by atoms with Gasteiger partial charge in [-0.05, 0) is 43.2 Å². The van der Waals surface area contributed by atoms with Crippen molar-refractivity contribution in [3.05, 3.63) is 53.2 Å². The van der Waals surface area contributed by atoms with E-state index in [0.717, 1.165) is 12.1 Å². The zero-order chi connectivity index (χ0) is 21.2. The second-order valence-corrected chi connectivity index (χ2v) is 6.22. The Hall–Kier alpha value is -3.36. The van der Waals surface area contributed by atoms with Gasteiger partial charge in [0.15, 0.2) is 0 Å². The summed E-state index contributed by atoms with van der Waals surface area (Å²) in [5.74, 6) is -0.615. The number of benzene rings is 1. The molecule has 0 bridgehead atoms. The first-order valence-electron chi connectivity index (χ1n) is 8.94. The number of nitrogens with zero attached hydrogens (tertiary/aromatic N) is 2. The summed E-state index contributed by atoms with van der Waals surface area (Å²) in [7, 11) is 0. The quantitative estimate of drug-likeness (QED) is 0.612. The van der Waals surface area contributed by atoms with Crippen molar-refractivity contribution >= 4 is 11.9 Å². The number of hydrogen-bond acceptors (Lipinski definition) is 5. The minimum atomic E-state index is -4.51. The van der Waals surface area contributed by atoms with E-state index in [1.165, 1.54) is 18.3 Å². The molecule has 152 valence electrons. The van der Waals surface area contributed by atoms with Gasteiger partial charge in [0, 0.05) is 11.8 Å². The Morgan fingerprint density at radius 2 is 1.97 bits per heavy atom. The summed E-state index contributed by atoms with van der Waals surface area (Å²) in [5, 5.41) is 0. The number of halogens is 3. The van der Waals surface area contributed by atoms with Crippen LogP contribution in [0.1, 0.15) is 35.3 Å². The summed E-state index contributed by atoms with van der Waals surface area (Å²) >= 11 is 0. The number of aromatic amines is 1. The molecule has 2 heterocycles. The van der Waals surface area contributed by atoms with E-state index in [4.69, 9.17) is 10.5 Å². The van der Waals surface area contributed by atoms with Crippen LogP contribution in [0.4, 0.5) is 19.1 Å². The smallest absolute Gasteiger partial charge is 0.416 e. The zero-order valence-electron chi connectivity index (χ0n) is 15.8. The molecule has 0 aliphatic rings. The number of carbonyl (C=O) groups is 1. The van der Waals surface area contributed by atoms with Crippen molar-refractivity contribution in [2.45, 2.75) is 26.4 Å². The average molecular weight is 404 g/mol. The molecule has 0 amide bonds. The summed E-state index contributed by atoms with van der Waals surface area (Å²) in [6.45, 7) is 3.60. The Bertz CT molecular complexity index is 1040. The Labute approximate surface area is 164 Å². The van der Waals surface area contributed by atoms with Crippen LogP contribution < -0.4 is 5.73 Å². The first-order chi connectivity index (χ1) is 13.7. The average Bonchev–Trinajstić information content (AvgIpc) is 3.12. The number of aromatic nitrogens is 3. The van der Waals surface area contributed by atoms with E-state index in [1.54, 1.807) is 13.0 Å². The predicted molar refractivity (Wildman–Crippen MR) is 102 cm³/mol. The maximum absolute atomic E-state index is 13.3. The topological polar surface area (TPSA) is 93.9 Å². The van der Waals surface area contributed by atoms with Crippen molar-refractivity contribution in [1.82, 2.24) is 15.0 Å². The molecule has 0 spiro atoms. The highest BCUT2D eigenvalue weighted by atomic mass is 19.4. The lowest BCUT2D eigenvalue weighted by atomic mass is 9.97. The molecule has 0 aliphatic carbocycles. The molecule has 0 fully saturated rings. The summed E-state index contributed by atoms with van der Waals surface area (Å²) in [6.07, 6.45) is -2.59. The number of aryl methyl sites for hydroxylation is 1. The van der Waals surface area contributed by atoms with Crippen molar-refractivity contribution in [1.29, 1.82) is 0 Å². The predicted octanol–water partition coefficient (Wildman–Crippen LogP) is 4.48. The van der Waals surface area contributed by atoms with Crippen LogP contribution in [0.3, 0.4) is 0 Å². The van der Waals surface area contributed by atoms with Crippen molar-refractivity contribution < 1.29 is 22.7 Å². The molecule has 0 saturated heterocycles. The van der Waals surface area contributed by atoms with Gasteiger partial charge in [0.2, 0.25) is 5.95 Å². The van der Waals surface area contributed by atoms with Gasteiger partial charge in [-0.1, -0.05) is 13.0 Å². The van der Waals surface area contributed by atoms with E-state index >= 15 is 0 Å². The van der Waals surface area contributed by atoms with E-state index < -0.39 is 17.7 Å². The molecule has 0 atom stereocenters. The van der Waals surface area contributed by atoms with Gasteiger partial charge in [-0.3, -0.25) is 0 Å². The fraction of sp³-hybridized carbons (Fsp3) is 0.250. The van der Waals surface area contributed by atoms with Crippen molar-refractivity contribution in [3.8, 4) is 22.6 Å². The fourth-order valence-electron chi connectivity index (χ4n) is 2.99. The second-order valence-electron chi connectivity index (χ2n) is 6.22. The third-order valence-electron chi connectivity index (χ3n) is 4.35. The number of alkyl halides is 3. The van der Waals surface area contributed by atoms with Crippen LogP contribution in [0.5, 0.6) is 0 Å². The highest BCUT2D eigenvalue weighted by Crippen LogP contribution is 2.36. The van der Waals surface area contributed by atoms with Crippen LogP contribution in [-0.4, -0.2) is 27.5 Å². The highest BCUT2D eigenvalue weighted by molar-refractivity contribution is 5.98. The number of ether oxygens (including phenoxy) is 1. The number of anilines is 1. The maximum atomic E-state index is 13.3. The number of nitrogens with one attached hydrogen (secondary N) is 1. The Balaban J connectivity index is 2.23. The first-order valence-corrected chi connectivity index (χ1v) is 8.94. The highest BCUT2D eigenvalue weighted by Gasteiger charge is 2.32. The summed E-state index contributed by atoms with van der Waals surface area (Å²) in [5.41, 5.74) is 6.91. The van der Waals surface area contributed by atoms with E-state index in [1.807, 2.05) is 6.92 Å². The normalized spacial score (nSPS) is 11.5. The standard InChI is InChI=1S/C20H19F3N4O2/c1-3-11-5-6-12(20(21,22)23)9-13(11)17-14(18(28)29-4-2)10-16(26-17)15-7-8-25-19(24)27-15/h5-10,26H,3-4H2,1-2H3,(H2,24,25,27). The minimum absolute atomic E-state index is 0.0321. The first kappa shape index (κ1) is 20.4. The lowest BCUT2D eigenvalue weighted by Crippen LogP contribution is -2.08. The van der Waals surface area contributed by atoms with E-state index in [-0.39, 0.29) is 29.4 Å². The fourth-order valence-corrected chi connectivity index (χ4v) is 2.99. The lowest BCUT2D eigenvalue weighted by Gasteiger charge is -2.13. The summed E-state index contributed by atoms with van der Waals surface area (Å²) < 4.78 is 44.9. The maximum Gasteiger partial charge on any atom is 0.416 e. The van der Waals surface area contributed by atoms with Gasteiger partial charge >= 0.3 is 12.1 Å². The van der Waals surface area contributed by atoms with Crippen molar-refractivity contribution in [2.75, 3.05) is 12.3 Å². The van der Waals surface area contributed by atoms with Crippen LogP contribution in [-0.2, 0) is 17.3 Å². The second kappa shape index (κ2) is 7.94. The molecule has 0 aliphatic heterocycles. The van der Waals surface area contributed by atoms with Gasteiger partial charge in [0.05, 0.1) is 34.8 Å². The van der Waals surface area contributed by atoms with Crippen molar-refractivity contribution in [2.24, 2.45) is 0 Å². The molecule has 2 aromatic heterocycles. The van der Waals surface area contributed by atoms with Crippen LogP contribution in [0.2, 0.25) is 0 Å². The molecular weight excluding hydrogens is 385 g/mol. The number of esters is 1. The third kappa shape index (κ3) is 4.23. The molecule has 6 nitrogen and oxygen atoms in total. The molecule has 3 aromatic rings. The molecule has 29 heavy (non-hydrogen) atoms. The molecule has 3 N–H and O–H groups in total. The van der Waals surface area contributed by atoms with E-state index in [0.29, 0.717) is 23.4 Å². The number of nitrogen functional groups attached to an aromatic ring is 1. The summed E-state index contributed by atoms with van der Waals surface area (Å²) in [4.78, 5) is 23.4. The Morgan fingerprint density at radius 3 is 2.59 bits per heavy atom. The number of carbonyl (C=O) groups excluding carboxylic acids is 1. The van der Waals surface area contributed by atoms with Gasteiger partial charge < -0.3 is 15.5 Å². The van der Waals surface area contributed by atoms with Crippen LogP contribution >= 0.6 is 0 Å². The molecule has 9 heteroatoms. The summed E-state index contributed by atoms with van der Waals surface area (Å²) in [6, 6.07) is 6.55. The number of hydrogen-bond donors (Lipinski definition) is 2. The van der Waals surface area contributed by atoms with Gasteiger partial charge in [-0.2, -0.15) is 13.2 Å². The lowest BCUT2D eigenvalue weighted by molar-refractivity contribution is -0.137. The zero-order valence-corrected chi connectivity index (χ0v) is 15.8. The van der Waals surface area contributed by atoms with E-state index in [9.17, 15) is 18.0 Å². The van der Waals surface area contributed by atoms with E-state index in [2.05, 4.69) is 15.0 Å². The largest absolute Gasteiger partial charge is 0.462 e. The molecular formula is C20H19F3N4O2. The van der Waals surface area contributed by atoms with Crippen LogP contribution in [0.15, 0.2) is 36.5 Å². The van der Waals surface area contributed by atoms with Gasteiger partial charge in [0.25, 0.3) is 0 Å². The Morgan fingerprint density at radius 1 is 1.21 bits per heavy atom. The molecule has 0 unspecified atom stereocenters. The molecule has 0 radical (unpaired) electrons. The van der Waals surface area contributed by atoms with Gasteiger partial charge in [-0.15, -0.1) is 0 Å². The van der Waals surface area contributed by atoms with Crippen LogP contribution in [0.25, 0.3) is 22.6 Å². The monoisotopic (exact) mass is 404 g/mol. The molecule has 3 rings (SSSR count). The van der Waals surface area contributed by atoms with Crippen molar-refractivity contribution in [3.63, 3.8) is 0 Å². The molecule has 1 aromatic carbocycles.